The van der Waals surface area contributed by atoms with Crippen LogP contribution in [0.15, 0.2) is 12.3 Å². The second-order valence-corrected chi connectivity index (χ2v) is 4.82. The summed E-state index contributed by atoms with van der Waals surface area (Å²) in [7, 11) is 0. The third kappa shape index (κ3) is 4.47. The predicted octanol–water partition coefficient (Wildman–Crippen LogP) is 2.85. The van der Waals surface area contributed by atoms with Crippen molar-refractivity contribution in [1.82, 2.24) is 9.97 Å². The first-order valence-electron chi connectivity index (χ1n) is 5.13. The molecule has 1 rings (SSSR count). The molecule has 1 aromatic heterocycles. The predicted molar refractivity (Wildman–Crippen MR) is 64.4 cm³/mol. The van der Waals surface area contributed by atoms with Crippen LogP contribution in [0.3, 0.4) is 0 Å². The third-order valence-electron chi connectivity index (χ3n) is 2.30. The van der Waals surface area contributed by atoms with Gasteiger partial charge in [-0.25, -0.2) is 9.97 Å². The van der Waals surface area contributed by atoms with Crippen LogP contribution < -0.4 is 5.32 Å². The molecule has 84 valence electrons. The smallest absolute Gasteiger partial charge is 0.129 e. The highest BCUT2D eigenvalue weighted by Gasteiger charge is 2.16. The molecule has 0 atom stereocenters. The average Bonchev–Trinajstić information content (AvgIpc) is 2.15. The van der Waals surface area contributed by atoms with Crippen LogP contribution in [0, 0.1) is 12.3 Å². The Morgan fingerprint density at radius 2 is 2.20 bits per heavy atom. The van der Waals surface area contributed by atoms with Gasteiger partial charge in [0, 0.05) is 18.6 Å². The minimum atomic E-state index is 0.195. The standard InChI is InChI=1S/C11H18ClN3/c1-9-13-7-4-10(15-9)14-8-11(2,3)5-6-12/h4,7H,5-6,8H2,1-3H3,(H,13,14,15). The first-order chi connectivity index (χ1) is 7.03. The Kier molecular flexibility index (Phi) is 4.33. The zero-order valence-electron chi connectivity index (χ0n) is 9.55. The first-order valence-corrected chi connectivity index (χ1v) is 5.66. The number of nitrogens with zero attached hydrogens (tertiary/aromatic N) is 2. The number of hydrogen-bond acceptors (Lipinski definition) is 3. The summed E-state index contributed by atoms with van der Waals surface area (Å²) < 4.78 is 0. The van der Waals surface area contributed by atoms with Crippen molar-refractivity contribution >= 4 is 17.4 Å². The Balaban J connectivity index is 2.49. The number of hydrogen-bond donors (Lipinski definition) is 1. The van der Waals surface area contributed by atoms with Gasteiger partial charge in [-0.05, 0) is 24.8 Å². The van der Waals surface area contributed by atoms with Crippen molar-refractivity contribution in [3.63, 3.8) is 0 Å². The van der Waals surface area contributed by atoms with Crippen molar-refractivity contribution in [2.24, 2.45) is 5.41 Å². The molecule has 15 heavy (non-hydrogen) atoms. The van der Waals surface area contributed by atoms with E-state index in [2.05, 4.69) is 29.1 Å². The minimum absolute atomic E-state index is 0.195. The van der Waals surface area contributed by atoms with Gasteiger partial charge in [0.1, 0.15) is 11.6 Å². The van der Waals surface area contributed by atoms with Gasteiger partial charge in [-0.15, -0.1) is 11.6 Å². The van der Waals surface area contributed by atoms with Crippen LogP contribution in [0.5, 0.6) is 0 Å². The molecule has 0 amide bonds. The molecule has 0 aliphatic rings. The van der Waals surface area contributed by atoms with E-state index < -0.39 is 0 Å². The number of aromatic nitrogens is 2. The van der Waals surface area contributed by atoms with Gasteiger partial charge in [0.05, 0.1) is 0 Å². The monoisotopic (exact) mass is 227 g/mol. The van der Waals surface area contributed by atoms with E-state index in [4.69, 9.17) is 11.6 Å². The van der Waals surface area contributed by atoms with Crippen LogP contribution in [0.1, 0.15) is 26.1 Å². The Hall–Kier alpha value is -0.830. The molecule has 0 radical (unpaired) electrons. The topological polar surface area (TPSA) is 37.8 Å². The van der Waals surface area contributed by atoms with Crippen molar-refractivity contribution in [3.8, 4) is 0 Å². The largest absolute Gasteiger partial charge is 0.369 e. The maximum atomic E-state index is 5.74. The normalized spacial score (nSPS) is 11.5. The maximum Gasteiger partial charge on any atom is 0.129 e. The SMILES string of the molecule is Cc1nccc(NCC(C)(C)CCCl)n1. The number of rotatable bonds is 5. The van der Waals surface area contributed by atoms with E-state index in [1.54, 1.807) is 6.20 Å². The molecular weight excluding hydrogens is 210 g/mol. The lowest BCUT2D eigenvalue weighted by molar-refractivity contribution is 0.379. The molecule has 0 spiro atoms. The molecule has 0 bridgehead atoms. The average molecular weight is 228 g/mol. The van der Waals surface area contributed by atoms with E-state index in [-0.39, 0.29) is 5.41 Å². The second kappa shape index (κ2) is 5.31. The molecule has 1 heterocycles. The highest BCUT2D eigenvalue weighted by atomic mass is 35.5. The third-order valence-corrected chi connectivity index (χ3v) is 2.48. The van der Waals surface area contributed by atoms with Crippen molar-refractivity contribution in [1.29, 1.82) is 0 Å². The molecule has 0 saturated heterocycles. The van der Waals surface area contributed by atoms with Crippen molar-refractivity contribution in [2.75, 3.05) is 17.7 Å². The molecule has 0 unspecified atom stereocenters. The van der Waals surface area contributed by atoms with E-state index in [1.165, 1.54) is 0 Å². The molecule has 0 aliphatic heterocycles. The zero-order valence-corrected chi connectivity index (χ0v) is 10.3. The second-order valence-electron chi connectivity index (χ2n) is 4.45. The summed E-state index contributed by atoms with van der Waals surface area (Å²) in [5, 5.41) is 3.30. The van der Waals surface area contributed by atoms with Crippen LogP contribution >= 0.6 is 11.6 Å². The maximum absolute atomic E-state index is 5.74. The number of alkyl halides is 1. The van der Waals surface area contributed by atoms with Crippen molar-refractivity contribution in [3.05, 3.63) is 18.1 Å². The van der Waals surface area contributed by atoms with Gasteiger partial charge < -0.3 is 5.32 Å². The van der Waals surface area contributed by atoms with Gasteiger partial charge in [-0.3, -0.25) is 0 Å². The van der Waals surface area contributed by atoms with Crippen LogP contribution in [0.25, 0.3) is 0 Å². The molecule has 4 heteroatoms. The fourth-order valence-corrected chi connectivity index (χ4v) is 1.74. The molecule has 0 aliphatic carbocycles. The number of anilines is 1. The van der Waals surface area contributed by atoms with Crippen LogP contribution in [0.4, 0.5) is 5.82 Å². The molecule has 0 saturated carbocycles. The molecule has 0 fully saturated rings. The van der Waals surface area contributed by atoms with Gasteiger partial charge in [0.25, 0.3) is 0 Å². The van der Waals surface area contributed by atoms with Gasteiger partial charge >= 0.3 is 0 Å². The summed E-state index contributed by atoms with van der Waals surface area (Å²) in [5.74, 6) is 2.36. The van der Waals surface area contributed by atoms with Crippen LogP contribution in [0.2, 0.25) is 0 Å². The van der Waals surface area contributed by atoms with Gasteiger partial charge in [-0.1, -0.05) is 13.8 Å². The molecule has 0 aromatic carbocycles. The Morgan fingerprint density at radius 1 is 1.47 bits per heavy atom. The van der Waals surface area contributed by atoms with E-state index >= 15 is 0 Å². The Bertz CT molecular complexity index is 312. The Labute approximate surface area is 96.3 Å². The zero-order chi connectivity index (χ0) is 11.3. The molecule has 3 nitrogen and oxygen atoms in total. The Morgan fingerprint density at radius 3 is 2.80 bits per heavy atom. The number of nitrogens with one attached hydrogen (secondary N) is 1. The summed E-state index contributed by atoms with van der Waals surface area (Å²) in [6.07, 6.45) is 2.75. The van der Waals surface area contributed by atoms with E-state index in [0.717, 1.165) is 24.6 Å². The summed E-state index contributed by atoms with van der Waals surface area (Å²) in [5.41, 5.74) is 0.195. The van der Waals surface area contributed by atoms with E-state index in [0.29, 0.717) is 5.88 Å². The lowest BCUT2D eigenvalue weighted by atomic mass is 9.90. The lowest BCUT2D eigenvalue weighted by Gasteiger charge is -2.24. The molecule has 1 N–H and O–H groups in total. The molecular formula is C11H18ClN3. The first kappa shape index (κ1) is 12.2. The van der Waals surface area contributed by atoms with Crippen molar-refractivity contribution < 1.29 is 0 Å². The van der Waals surface area contributed by atoms with Crippen LogP contribution in [-0.4, -0.2) is 22.4 Å². The lowest BCUT2D eigenvalue weighted by Crippen LogP contribution is -2.24. The number of halogens is 1. The summed E-state index contributed by atoms with van der Waals surface area (Å²) in [6.45, 7) is 7.14. The van der Waals surface area contributed by atoms with Crippen molar-refractivity contribution in [2.45, 2.75) is 27.2 Å². The summed E-state index contributed by atoms with van der Waals surface area (Å²) in [6, 6.07) is 1.88. The summed E-state index contributed by atoms with van der Waals surface area (Å²) in [4.78, 5) is 8.33. The molecule has 1 aromatic rings. The number of aryl methyl sites for hydroxylation is 1. The van der Waals surface area contributed by atoms with E-state index in [1.807, 2.05) is 13.0 Å². The van der Waals surface area contributed by atoms with Crippen LogP contribution in [-0.2, 0) is 0 Å². The fraction of sp³-hybridized carbons (Fsp3) is 0.636. The minimum Gasteiger partial charge on any atom is -0.369 e. The van der Waals surface area contributed by atoms with Gasteiger partial charge in [0.2, 0.25) is 0 Å². The van der Waals surface area contributed by atoms with Gasteiger partial charge in [-0.2, -0.15) is 0 Å². The van der Waals surface area contributed by atoms with Gasteiger partial charge in [0.15, 0.2) is 0 Å². The quantitative estimate of drug-likeness (QED) is 0.787. The summed E-state index contributed by atoms with van der Waals surface area (Å²) >= 11 is 5.74. The fourth-order valence-electron chi connectivity index (χ4n) is 1.23. The highest BCUT2D eigenvalue weighted by Crippen LogP contribution is 2.21. The highest BCUT2D eigenvalue weighted by molar-refractivity contribution is 6.17. The van der Waals surface area contributed by atoms with E-state index in [9.17, 15) is 0 Å².